The number of nitrogens with zero attached hydrogens (tertiary/aromatic N) is 2. The summed E-state index contributed by atoms with van der Waals surface area (Å²) in [7, 11) is 3.80. The van der Waals surface area contributed by atoms with Crippen molar-refractivity contribution < 1.29 is 18.3 Å². The van der Waals surface area contributed by atoms with Crippen molar-refractivity contribution in [3.63, 3.8) is 0 Å². The lowest BCUT2D eigenvalue weighted by molar-refractivity contribution is 0.250. The number of rotatable bonds is 5. The predicted octanol–water partition coefficient (Wildman–Crippen LogP) is 2.27. The molecule has 0 aromatic heterocycles. The summed E-state index contributed by atoms with van der Waals surface area (Å²) in [4.78, 5) is 3.81. The maximum atomic E-state index is 14.3. The van der Waals surface area contributed by atoms with Crippen molar-refractivity contribution >= 4 is 5.69 Å². The van der Waals surface area contributed by atoms with Crippen LogP contribution < -0.4 is 9.64 Å². The zero-order valence-corrected chi connectivity index (χ0v) is 13.1. The molecule has 1 spiro atoms. The van der Waals surface area contributed by atoms with E-state index in [0.29, 0.717) is 31.9 Å². The van der Waals surface area contributed by atoms with Crippen LogP contribution in [-0.2, 0) is 4.74 Å². The summed E-state index contributed by atoms with van der Waals surface area (Å²) in [5.74, 6) is -0.978. The van der Waals surface area contributed by atoms with Crippen LogP contribution in [0.5, 0.6) is 5.75 Å². The summed E-state index contributed by atoms with van der Waals surface area (Å²) in [6.07, 6.45) is 1.74. The SMILES string of the molecule is CN(C)CCOc1cc(F)c(N2CCC3(CC2)CO3)cc1F. The van der Waals surface area contributed by atoms with E-state index in [9.17, 15) is 8.78 Å². The number of hydrogen-bond donors (Lipinski definition) is 0. The minimum Gasteiger partial charge on any atom is -0.489 e. The molecule has 0 atom stereocenters. The Labute approximate surface area is 129 Å². The topological polar surface area (TPSA) is 28.2 Å². The Hall–Kier alpha value is -1.40. The van der Waals surface area contributed by atoms with Gasteiger partial charge in [0, 0.05) is 31.8 Å². The van der Waals surface area contributed by atoms with E-state index in [2.05, 4.69) is 0 Å². The summed E-state index contributed by atoms with van der Waals surface area (Å²) >= 11 is 0. The summed E-state index contributed by atoms with van der Waals surface area (Å²) in [5.41, 5.74) is 0.341. The molecular weight excluding hydrogens is 290 g/mol. The molecule has 4 nitrogen and oxygen atoms in total. The second kappa shape index (κ2) is 6.01. The lowest BCUT2D eigenvalue weighted by atomic mass is 9.97. The molecule has 2 aliphatic heterocycles. The van der Waals surface area contributed by atoms with Crippen LogP contribution in [0.2, 0.25) is 0 Å². The maximum absolute atomic E-state index is 14.3. The smallest absolute Gasteiger partial charge is 0.167 e. The lowest BCUT2D eigenvalue weighted by Gasteiger charge is -2.32. The average molecular weight is 312 g/mol. The molecular formula is C16H22F2N2O2. The summed E-state index contributed by atoms with van der Waals surface area (Å²) < 4.78 is 39.2. The Bertz CT molecular complexity index is 537. The fraction of sp³-hybridized carbons (Fsp3) is 0.625. The monoisotopic (exact) mass is 312 g/mol. The Morgan fingerprint density at radius 3 is 2.50 bits per heavy atom. The fourth-order valence-electron chi connectivity index (χ4n) is 2.76. The molecule has 6 heteroatoms. The average Bonchev–Trinajstić information content (AvgIpc) is 3.22. The molecule has 122 valence electrons. The van der Waals surface area contributed by atoms with Gasteiger partial charge >= 0.3 is 0 Å². The predicted molar refractivity (Wildman–Crippen MR) is 80.5 cm³/mol. The minimum atomic E-state index is -0.516. The van der Waals surface area contributed by atoms with Gasteiger partial charge in [-0.05, 0) is 26.9 Å². The van der Waals surface area contributed by atoms with E-state index < -0.39 is 11.6 Å². The molecule has 0 amide bonds. The molecule has 1 aromatic rings. The fourth-order valence-corrected chi connectivity index (χ4v) is 2.76. The van der Waals surface area contributed by atoms with Crippen LogP contribution in [-0.4, -0.2) is 57.4 Å². The molecule has 2 aliphatic rings. The number of epoxide rings is 1. The molecule has 2 saturated heterocycles. The highest BCUT2D eigenvalue weighted by Crippen LogP contribution is 2.39. The van der Waals surface area contributed by atoms with Crippen LogP contribution in [0.4, 0.5) is 14.5 Å². The standard InChI is InChI=1S/C16H22F2N2O2/c1-19(2)7-8-21-15-10-12(17)14(9-13(15)18)20-5-3-16(4-6-20)11-22-16/h9-10H,3-8,11H2,1-2H3. The van der Waals surface area contributed by atoms with Crippen molar-refractivity contribution in [3.05, 3.63) is 23.8 Å². The molecule has 2 heterocycles. The van der Waals surface area contributed by atoms with Crippen molar-refractivity contribution in [2.75, 3.05) is 51.8 Å². The number of hydrogen-bond acceptors (Lipinski definition) is 4. The van der Waals surface area contributed by atoms with Gasteiger partial charge in [0.05, 0.1) is 17.9 Å². The molecule has 0 unspecified atom stereocenters. The van der Waals surface area contributed by atoms with Gasteiger partial charge in [0.1, 0.15) is 12.4 Å². The van der Waals surface area contributed by atoms with E-state index in [0.717, 1.165) is 25.5 Å². The zero-order chi connectivity index (χ0) is 15.7. The normalized spacial score (nSPS) is 19.8. The number of piperidine rings is 1. The molecule has 0 radical (unpaired) electrons. The molecule has 0 bridgehead atoms. The van der Waals surface area contributed by atoms with Crippen LogP contribution in [0.25, 0.3) is 0 Å². The van der Waals surface area contributed by atoms with Crippen molar-refractivity contribution in [2.24, 2.45) is 0 Å². The third kappa shape index (κ3) is 3.33. The van der Waals surface area contributed by atoms with Crippen LogP contribution in [0, 0.1) is 11.6 Å². The van der Waals surface area contributed by atoms with Gasteiger partial charge in [-0.1, -0.05) is 0 Å². The highest BCUT2D eigenvalue weighted by atomic mass is 19.1. The Kier molecular flexibility index (Phi) is 4.23. The first-order chi connectivity index (χ1) is 10.5. The van der Waals surface area contributed by atoms with Gasteiger partial charge in [-0.15, -0.1) is 0 Å². The number of anilines is 1. The highest BCUT2D eigenvalue weighted by Gasteiger charge is 2.46. The maximum Gasteiger partial charge on any atom is 0.167 e. The van der Waals surface area contributed by atoms with Crippen LogP contribution >= 0.6 is 0 Å². The molecule has 2 fully saturated rings. The molecule has 1 aromatic carbocycles. The van der Waals surface area contributed by atoms with Gasteiger partial charge in [0.15, 0.2) is 11.6 Å². The molecule has 0 saturated carbocycles. The summed E-state index contributed by atoms with van der Waals surface area (Å²) in [5, 5.41) is 0. The first-order valence-electron chi connectivity index (χ1n) is 7.65. The number of benzene rings is 1. The summed E-state index contributed by atoms with van der Waals surface area (Å²) in [6.45, 7) is 3.16. The van der Waals surface area contributed by atoms with E-state index in [-0.39, 0.29) is 11.4 Å². The van der Waals surface area contributed by atoms with E-state index in [1.165, 1.54) is 6.07 Å². The second-order valence-corrected chi connectivity index (χ2v) is 6.34. The van der Waals surface area contributed by atoms with Crippen LogP contribution in [0.3, 0.4) is 0 Å². The highest BCUT2D eigenvalue weighted by molar-refractivity contribution is 5.52. The van der Waals surface area contributed by atoms with Crippen molar-refractivity contribution in [2.45, 2.75) is 18.4 Å². The Morgan fingerprint density at radius 2 is 1.91 bits per heavy atom. The zero-order valence-electron chi connectivity index (χ0n) is 13.1. The van der Waals surface area contributed by atoms with Gasteiger partial charge in [0.2, 0.25) is 0 Å². The molecule has 0 aliphatic carbocycles. The van der Waals surface area contributed by atoms with E-state index >= 15 is 0 Å². The summed E-state index contributed by atoms with van der Waals surface area (Å²) in [6, 6.07) is 2.39. The van der Waals surface area contributed by atoms with E-state index in [4.69, 9.17) is 9.47 Å². The Morgan fingerprint density at radius 1 is 1.23 bits per heavy atom. The number of halogens is 2. The molecule has 0 N–H and O–H groups in total. The third-order valence-corrected chi connectivity index (χ3v) is 4.37. The largest absolute Gasteiger partial charge is 0.489 e. The van der Waals surface area contributed by atoms with Crippen molar-refractivity contribution in [1.29, 1.82) is 0 Å². The first-order valence-corrected chi connectivity index (χ1v) is 7.65. The first kappa shape index (κ1) is 15.5. The second-order valence-electron chi connectivity index (χ2n) is 6.34. The van der Waals surface area contributed by atoms with Crippen LogP contribution in [0.15, 0.2) is 12.1 Å². The van der Waals surface area contributed by atoms with Gasteiger partial charge in [-0.25, -0.2) is 8.78 Å². The van der Waals surface area contributed by atoms with Crippen molar-refractivity contribution in [3.8, 4) is 5.75 Å². The van der Waals surface area contributed by atoms with Crippen molar-refractivity contribution in [1.82, 2.24) is 4.90 Å². The number of likely N-dealkylation sites (N-methyl/N-ethyl adjacent to an activating group) is 1. The number of ether oxygens (including phenoxy) is 2. The lowest BCUT2D eigenvalue weighted by Crippen LogP contribution is -2.38. The quantitative estimate of drug-likeness (QED) is 0.780. The minimum absolute atomic E-state index is 0.0258. The Balaban J connectivity index is 1.66. The van der Waals surface area contributed by atoms with Gasteiger partial charge < -0.3 is 19.3 Å². The van der Waals surface area contributed by atoms with Crippen LogP contribution in [0.1, 0.15) is 12.8 Å². The van der Waals surface area contributed by atoms with Gasteiger partial charge in [-0.3, -0.25) is 0 Å². The van der Waals surface area contributed by atoms with E-state index in [1.54, 1.807) is 0 Å². The van der Waals surface area contributed by atoms with Gasteiger partial charge in [-0.2, -0.15) is 0 Å². The molecule has 3 rings (SSSR count). The van der Waals surface area contributed by atoms with Gasteiger partial charge in [0.25, 0.3) is 0 Å². The third-order valence-electron chi connectivity index (χ3n) is 4.37. The molecule has 22 heavy (non-hydrogen) atoms. The van der Waals surface area contributed by atoms with E-state index in [1.807, 2.05) is 23.9 Å².